The number of halogens is 2. The maximum Gasteiger partial charge on any atom is 0.191 e. The Balaban J connectivity index is 0.00000261. The van der Waals surface area contributed by atoms with Crippen LogP contribution in [0.25, 0.3) is 5.65 Å². The number of aromatic nitrogens is 2. The van der Waals surface area contributed by atoms with Gasteiger partial charge in [-0.2, -0.15) is 0 Å². The first-order chi connectivity index (χ1) is 12.7. The van der Waals surface area contributed by atoms with Gasteiger partial charge < -0.3 is 24.5 Å². The molecule has 1 aliphatic rings. The van der Waals surface area contributed by atoms with Gasteiger partial charge in [0.25, 0.3) is 0 Å². The van der Waals surface area contributed by atoms with Crippen LogP contribution >= 0.6 is 39.9 Å². The number of rotatable bonds is 8. The first kappa shape index (κ1) is 22.4. The Morgan fingerprint density at radius 3 is 3.07 bits per heavy atom. The van der Waals surface area contributed by atoms with E-state index in [0.29, 0.717) is 19.3 Å². The van der Waals surface area contributed by atoms with Gasteiger partial charge in [-0.05, 0) is 47.3 Å². The quantitative estimate of drug-likeness (QED) is 0.228. The monoisotopic (exact) mass is 551 g/mol. The van der Waals surface area contributed by atoms with E-state index in [9.17, 15) is 0 Å². The van der Waals surface area contributed by atoms with Crippen LogP contribution in [0, 0.1) is 0 Å². The van der Waals surface area contributed by atoms with Crippen molar-refractivity contribution < 1.29 is 9.47 Å². The van der Waals surface area contributed by atoms with Gasteiger partial charge in [-0.3, -0.25) is 4.99 Å². The van der Waals surface area contributed by atoms with Gasteiger partial charge in [0.2, 0.25) is 0 Å². The molecule has 3 rings (SSSR count). The first-order valence-corrected chi connectivity index (χ1v) is 9.81. The molecule has 2 aromatic rings. The fraction of sp³-hybridized carbons (Fsp3) is 0.556. The highest BCUT2D eigenvalue weighted by atomic mass is 127. The SMILES string of the molecule is CN=C(NCCCOCC1CCCO1)NCc1cn2cc(Br)ccc2n1.I. The lowest BCUT2D eigenvalue weighted by Crippen LogP contribution is -2.37. The predicted molar refractivity (Wildman–Crippen MR) is 121 cm³/mol. The van der Waals surface area contributed by atoms with Crippen LogP contribution in [0.1, 0.15) is 25.0 Å². The van der Waals surface area contributed by atoms with Gasteiger partial charge in [0.1, 0.15) is 5.65 Å². The number of hydrogen-bond acceptors (Lipinski definition) is 4. The van der Waals surface area contributed by atoms with Crippen LogP contribution in [0.15, 0.2) is 34.0 Å². The van der Waals surface area contributed by atoms with Gasteiger partial charge in [-0.15, -0.1) is 24.0 Å². The Bertz CT molecular complexity index is 734. The van der Waals surface area contributed by atoms with E-state index in [1.807, 2.05) is 28.9 Å². The predicted octanol–water partition coefficient (Wildman–Crippen LogP) is 2.97. The summed E-state index contributed by atoms with van der Waals surface area (Å²) < 4.78 is 14.2. The molecule has 0 saturated carbocycles. The van der Waals surface area contributed by atoms with Crippen molar-refractivity contribution in [3.63, 3.8) is 0 Å². The molecular weight excluding hydrogens is 525 g/mol. The summed E-state index contributed by atoms with van der Waals surface area (Å²) in [5.74, 6) is 0.766. The number of hydrogen-bond donors (Lipinski definition) is 2. The second kappa shape index (κ2) is 11.8. The summed E-state index contributed by atoms with van der Waals surface area (Å²) in [7, 11) is 1.77. The Morgan fingerprint density at radius 1 is 1.41 bits per heavy atom. The van der Waals surface area contributed by atoms with E-state index in [1.54, 1.807) is 7.05 Å². The van der Waals surface area contributed by atoms with Gasteiger partial charge in [0.15, 0.2) is 5.96 Å². The number of nitrogens with one attached hydrogen (secondary N) is 2. The number of imidazole rings is 1. The minimum absolute atomic E-state index is 0. The lowest BCUT2D eigenvalue weighted by Gasteiger charge is -2.12. The Kier molecular flexibility index (Phi) is 9.80. The molecule has 7 nitrogen and oxygen atoms in total. The second-order valence-corrected chi connectivity index (χ2v) is 7.18. The van der Waals surface area contributed by atoms with Crippen molar-refractivity contribution in [2.24, 2.45) is 4.99 Å². The molecule has 3 heterocycles. The number of ether oxygens (including phenoxy) is 2. The van der Waals surface area contributed by atoms with Crippen molar-refractivity contribution in [2.45, 2.75) is 31.9 Å². The summed E-state index contributed by atoms with van der Waals surface area (Å²) >= 11 is 3.47. The second-order valence-electron chi connectivity index (χ2n) is 6.26. The third-order valence-electron chi connectivity index (χ3n) is 4.21. The van der Waals surface area contributed by atoms with Gasteiger partial charge in [0, 0.05) is 43.7 Å². The number of nitrogens with zero attached hydrogens (tertiary/aromatic N) is 3. The molecule has 1 fully saturated rings. The zero-order chi connectivity index (χ0) is 18.2. The molecule has 27 heavy (non-hydrogen) atoms. The van der Waals surface area contributed by atoms with Crippen LogP contribution in [0.3, 0.4) is 0 Å². The van der Waals surface area contributed by atoms with Crippen molar-refractivity contribution in [2.75, 3.05) is 33.4 Å². The summed E-state index contributed by atoms with van der Waals surface area (Å²) in [6.45, 7) is 3.74. The summed E-state index contributed by atoms with van der Waals surface area (Å²) in [6.07, 6.45) is 7.50. The summed E-state index contributed by atoms with van der Waals surface area (Å²) in [6, 6.07) is 3.97. The average molecular weight is 552 g/mol. The summed E-state index contributed by atoms with van der Waals surface area (Å²) in [4.78, 5) is 8.83. The van der Waals surface area contributed by atoms with Crippen molar-refractivity contribution in [1.29, 1.82) is 0 Å². The average Bonchev–Trinajstić information content (AvgIpc) is 3.29. The molecule has 2 N–H and O–H groups in total. The molecule has 0 radical (unpaired) electrons. The molecule has 0 bridgehead atoms. The molecule has 0 amide bonds. The normalized spacial score (nSPS) is 17.1. The van der Waals surface area contributed by atoms with Crippen LogP contribution in [-0.2, 0) is 16.0 Å². The molecule has 2 aromatic heterocycles. The van der Waals surface area contributed by atoms with Gasteiger partial charge in [-0.25, -0.2) is 4.98 Å². The fourth-order valence-corrected chi connectivity index (χ4v) is 3.22. The van der Waals surface area contributed by atoms with Crippen molar-refractivity contribution >= 4 is 51.5 Å². The topological polar surface area (TPSA) is 72.2 Å². The minimum atomic E-state index is 0. The van der Waals surface area contributed by atoms with Gasteiger partial charge in [0.05, 0.1) is 24.9 Å². The minimum Gasteiger partial charge on any atom is -0.379 e. The smallest absolute Gasteiger partial charge is 0.191 e. The maximum atomic E-state index is 5.66. The maximum absolute atomic E-state index is 5.66. The number of aliphatic imine (C=N–C) groups is 1. The molecule has 0 spiro atoms. The Labute approximate surface area is 185 Å². The van der Waals surface area contributed by atoms with E-state index in [2.05, 4.69) is 36.5 Å². The van der Waals surface area contributed by atoms with Gasteiger partial charge >= 0.3 is 0 Å². The van der Waals surface area contributed by atoms with Crippen LogP contribution in [0.2, 0.25) is 0 Å². The molecule has 0 aliphatic carbocycles. The molecule has 1 aliphatic heterocycles. The molecule has 9 heteroatoms. The van der Waals surface area contributed by atoms with Gasteiger partial charge in [-0.1, -0.05) is 0 Å². The van der Waals surface area contributed by atoms with E-state index < -0.39 is 0 Å². The Hall–Kier alpha value is -0.910. The highest BCUT2D eigenvalue weighted by Crippen LogP contribution is 2.13. The third kappa shape index (κ3) is 7.20. The van der Waals surface area contributed by atoms with Crippen LogP contribution in [-0.4, -0.2) is 54.9 Å². The van der Waals surface area contributed by atoms with Crippen molar-refractivity contribution in [3.05, 3.63) is 34.7 Å². The summed E-state index contributed by atoms with van der Waals surface area (Å²) in [5, 5.41) is 6.58. The largest absolute Gasteiger partial charge is 0.379 e. The van der Waals surface area contributed by atoms with E-state index in [0.717, 1.165) is 60.8 Å². The number of pyridine rings is 1. The first-order valence-electron chi connectivity index (χ1n) is 9.01. The molecule has 1 saturated heterocycles. The molecule has 150 valence electrons. The lowest BCUT2D eigenvalue weighted by atomic mass is 10.2. The van der Waals surface area contributed by atoms with Crippen molar-refractivity contribution in [3.8, 4) is 0 Å². The summed E-state index contributed by atoms with van der Waals surface area (Å²) in [5.41, 5.74) is 1.89. The number of fused-ring (bicyclic) bond motifs is 1. The number of guanidine groups is 1. The zero-order valence-electron chi connectivity index (χ0n) is 15.5. The van der Waals surface area contributed by atoms with E-state index in [1.165, 1.54) is 0 Å². The van der Waals surface area contributed by atoms with Crippen LogP contribution in [0.4, 0.5) is 0 Å². The van der Waals surface area contributed by atoms with Crippen LogP contribution < -0.4 is 10.6 Å². The standard InChI is InChI=1S/C18H26BrN5O2.HI/c1-20-18(21-7-3-8-25-13-16-4-2-9-26-16)22-10-15-12-24-11-14(19)5-6-17(24)23-15;/h5-6,11-12,16H,2-4,7-10,13H2,1H3,(H2,20,21,22);1H. The lowest BCUT2D eigenvalue weighted by molar-refractivity contribution is 0.0168. The zero-order valence-corrected chi connectivity index (χ0v) is 19.4. The molecule has 1 atom stereocenters. The third-order valence-corrected chi connectivity index (χ3v) is 4.68. The van der Waals surface area contributed by atoms with E-state index in [4.69, 9.17) is 9.47 Å². The highest BCUT2D eigenvalue weighted by molar-refractivity contribution is 14.0. The molecule has 1 unspecified atom stereocenters. The molecule has 0 aromatic carbocycles. The van der Waals surface area contributed by atoms with Crippen molar-refractivity contribution in [1.82, 2.24) is 20.0 Å². The van der Waals surface area contributed by atoms with E-state index in [-0.39, 0.29) is 24.0 Å². The highest BCUT2D eigenvalue weighted by Gasteiger charge is 2.14. The fourth-order valence-electron chi connectivity index (χ4n) is 2.87. The molecular formula is C18H27BrIN5O2. The van der Waals surface area contributed by atoms with Crippen LogP contribution in [0.5, 0.6) is 0 Å². The van der Waals surface area contributed by atoms with E-state index >= 15 is 0 Å². The Morgan fingerprint density at radius 2 is 2.30 bits per heavy atom.